The highest BCUT2D eigenvalue weighted by atomic mass is 35.5. The molecular formula is C14H23ClN4. The van der Waals surface area contributed by atoms with Crippen molar-refractivity contribution in [3.05, 3.63) is 22.8 Å². The van der Waals surface area contributed by atoms with E-state index in [0.717, 1.165) is 37.6 Å². The number of nitrogens with zero attached hydrogens (tertiary/aromatic N) is 3. The first-order valence-electron chi connectivity index (χ1n) is 6.76. The topological polar surface area (TPSA) is 45.4 Å². The van der Waals surface area contributed by atoms with Crippen LogP contribution < -0.4 is 10.6 Å². The number of piperazine rings is 1. The normalized spacial score (nSPS) is 17.8. The second-order valence-electron chi connectivity index (χ2n) is 6.00. The molecule has 0 amide bonds. The molecular weight excluding hydrogens is 260 g/mol. The number of anilines is 1. The van der Waals surface area contributed by atoms with E-state index < -0.39 is 0 Å². The SMILES string of the molecule is CC(C)(C)N1CCN(c2ncc(CN)cc2Cl)CC1. The summed E-state index contributed by atoms with van der Waals surface area (Å²) >= 11 is 6.29. The first-order valence-corrected chi connectivity index (χ1v) is 7.14. The summed E-state index contributed by atoms with van der Waals surface area (Å²) in [6.07, 6.45) is 1.82. The van der Waals surface area contributed by atoms with E-state index in [9.17, 15) is 0 Å². The van der Waals surface area contributed by atoms with Gasteiger partial charge in [0.2, 0.25) is 0 Å². The van der Waals surface area contributed by atoms with Gasteiger partial charge in [0.25, 0.3) is 0 Å². The molecule has 1 aliphatic heterocycles. The lowest BCUT2D eigenvalue weighted by Crippen LogP contribution is -2.53. The molecule has 1 aromatic heterocycles. The van der Waals surface area contributed by atoms with Crippen LogP contribution in [0.4, 0.5) is 5.82 Å². The van der Waals surface area contributed by atoms with Crippen molar-refractivity contribution in [2.24, 2.45) is 5.73 Å². The molecule has 19 heavy (non-hydrogen) atoms. The minimum absolute atomic E-state index is 0.229. The molecule has 1 fully saturated rings. The summed E-state index contributed by atoms with van der Waals surface area (Å²) < 4.78 is 0. The Labute approximate surface area is 120 Å². The molecule has 0 unspecified atom stereocenters. The Morgan fingerprint density at radius 3 is 2.37 bits per heavy atom. The van der Waals surface area contributed by atoms with Crippen molar-refractivity contribution in [2.75, 3.05) is 31.1 Å². The van der Waals surface area contributed by atoms with Gasteiger partial charge in [0, 0.05) is 44.5 Å². The molecule has 0 aromatic carbocycles. The summed E-state index contributed by atoms with van der Waals surface area (Å²) in [6.45, 7) is 11.3. The second-order valence-corrected chi connectivity index (χ2v) is 6.41. The number of aromatic nitrogens is 1. The van der Waals surface area contributed by atoms with Gasteiger partial charge in [0.1, 0.15) is 5.82 Å². The lowest BCUT2D eigenvalue weighted by atomic mass is 10.0. The van der Waals surface area contributed by atoms with E-state index in [0.29, 0.717) is 11.6 Å². The van der Waals surface area contributed by atoms with Crippen LogP contribution in [0.15, 0.2) is 12.3 Å². The van der Waals surface area contributed by atoms with Gasteiger partial charge in [-0.15, -0.1) is 0 Å². The predicted octanol–water partition coefficient (Wildman–Crippen LogP) is 2.11. The number of pyridine rings is 1. The van der Waals surface area contributed by atoms with Gasteiger partial charge < -0.3 is 10.6 Å². The summed E-state index contributed by atoms with van der Waals surface area (Å²) in [4.78, 5) is 9.20. The van der Waals surface area contributed by atoms with Gasteiger partial charge in [0.05, 0.1) is 5.02 Å². The molecule has 1 saturated heterocycles. The molecule has 0 aliphatic carbocycles. The summed E-state index contributed by atoms with van der Waals surface area (Å²) in [5.74, 6) is 0.882. The maximum atomic E-state index is 6.29. The summed E-state index contributed by atoms with van der Waals surface area (Å²) in [7, 11) is 0. The third-order valence-corrected chi connectivity index (χ3v) is 3.92. The highest BCUT2D eigenvalue weighted by Gasteiger charge is 2.26. The molecule has 4 nitrogen and oxygen atoms in total. The molecule has 0 atom stereocenters. The zero-order chi connectivity index (χ0) is 14.0. The van der Waals surface area contributed by atoms with Gasteiger partial charge in [-0.1, -0.05) is 11.6 Å². The lowest BCUT2D eigenvalue weighted by molar-refractivity contribution is 0.128. The second kappa shape index (κ2) is 5.65. The quantitative estimate of drug-likeness (QED) is 0.902. The van der Waals surface area contributed by atoms with Crippen molar-refractivity contribution in [2.45, 2.75) is 32.9 Å². The average Bonchev–Trinajstić information content (AvgIpc) is 2.37. The van der Waals surface area contributed by atoms with Crippen molar-refractivity contribution >= 4 is 17.4 Å². The van der Waals surface area contributed by atoms with Crippen LogP contribution in [0, 0.1) is 0 Å². The third kappa shape index (κ3) is 3.38. The van der Waals surface area contributed by atoms with Gasteiger partial charge in [-0.25, -0.2) is 4.98 Å². The zero-order valence-corrected chi connectivity index (χ0v) is 12.7. The smallest absolute Gasteiger partial charge is 0.147 e. The highest BCUT2D eigenvalue weighted by molar-refractivity contribution is 6.33. The van der Waals surface area contributed by atoms with Crippen LogP contribution in [0.25, 0.3) is 0 Å². The highest BCUT2D eigenvalue weighted by Crippen LogP contribution is 2.26. The minimum Gasteiger partial charge on any atom is -0.353 e. The van der Waals surface area contributed by atoms with E-state index in [1.54, 1.807) is 0 Å². The van der Waals surface area contributed by atoms with Crippen molar-refractivity contribution in [3.8, 4) is 0 Å². The fraction of sp³-hybridized carbons (Fsp3) is 0.643. The minimum atomic E-state index is 0.229. The van der Waals surface area contributed by atoms with Crippen LogP contribution in [0.5, 0.6) is 0 Å². The molecule has 1 aromatic rings. The van der Waals surface area contributed by atoms with Gasteiger partial charge in [0.15, 0.2) is 0 Å². The van der Waals surface area contributed by atoms with E-state index >= 15 is 0 Å². The number of halogens is 1. The number of nitrogens with two attached hydrogens (primary N) is 1. The molecule has 1 aliphatic rings. The first-order chi connectivity index (χ1) is 8.91. The Bertz CT molecular complexity index is 434. The van der Waals surface area contributed by atoms with E-state index in [4.69, 9.17) is 17.3 Å². The summed E-state index contributed by atoms with van der Waals surface area (Å²) in [5.41, 5.74) is 6.80. The van der Waals surface area contributed by atoms with Crippen molar-refractivity contribution in [1.29, 1.82) is 0 Å². The van der Waals surface area contributed by atoms with E-state index in [1.165, 1.54) is 0 Å². The molecule has 0 radical (unpaired) electrons. The Balaban J connectivity index is 2.06. The number of hydrogen-bond donors (Lipinski definition) is 1. The Morgan fingerprint density at radius 1 is 1.26 bits per heavy atom. The fourth-order valence-corrected chi connectivity index (χ4v) is 2.71. The number of rotatable bonds is 2. The zero-order valence-electron chi connectivity index (χ0n) is 12.0. The van der Waals surface area contributed by atoms with Crippen molar-refractivity contribution < 1.29 is 0 Å². The van der Waals surface area contributed by atoms with Crippen LogP contribution in [0.1, 0.15) is 26.3 Å². The Hall–Kier alpha value is -0.840. The molecule has 0 spiro atoms. The molecule has 106 valence electrons. The molecule has 0 saturated carbocycles. The van der Waals surface area contributed by atoms with Gasteiger partial charge in [-0.2, -0.15) is 0 Å². The standard InChI is InChI=1S/C14H23ClN4/c1-14(2,3)19-6-4-18(5-7-19)13-12(15)8-11(9-16)10-17-13/h8,10H,4-7,9,16H2,1-3H3. The Morgan fingerprint density at radius 2 is 1.89 bits per heavy atom. The van der Waals surface area contributed by atoms with Crippen LogP contribution in [0.2, 0.25) is 5.02 Å². The molecule has 2 N–H and O–H groups in total. The van der Waals surface area contributed by atoms with Crippen molar-refractivity contribution in [1.82, 2.24) is 9.88 Å². The first kappa shape index (κ1) is 14.6. The largest absolute Gasteiger partial charge is 0.353 e. The van der Waals surface area contributed by atoms with Gasteiger partial charge in [-0.05, 0) is 32.4 Å². The van der Waals surface area contributed by atoms with Crippen LogP contribution in [-0.4, -0.2) is 41.6 Å². The van der Waals surface area contributed by atoms with E-state index in [2.05, 4.69) is 35.6 Å². The van der Waals surface area contributed by atoms with Crippen LogP contribution >= 0.6 is 11.6 Å². The van der Waals surface area contributed by atoms with Crippen LogP contribution in [0.3, 0.4) is 0 Å². The maximum absolute atomic E-state index is 6.29. The number of hydrogen-bond acceptors (Lipinski definition) is 4. The van der Waals surface area contributed by atoms with Crippen molar-refractivity contribution in [3.63, 3.8) is 0 Å². The molecule has 0 bridgehead atoms. The maximum Gasteiger partial charge on any atom is 0.147 e. The monoisotopic (exact) mass is 282 g/mol. The lowest BCUT2D eigenvalue weighted by Gasteiger charge is -2.42. The van der Waals surface area contributed by atoms with E-state index in [-0.39, 0.29) is 5.54 Å². The molecule has 5 heteroatoms. The fourth-order valence-electron chi connectivity index (χ4n) is 2.40. The third-order valence-electron chi connectivity index (χ3n) is 3.64. The van der Waals surface area contributed by atoms with Gasteiger partial charge in [-0.3, -0.25) is 4.90 Å². The van der Waals surface area contributed by atoms with Crippen LogP contribution in [-0.2, 0) is 6.54 Å². The summed E-state index contributed by atoms with van der Waals surface area (Å²) in [6, 6.07) is 1.92. The van der Waals surface area contributed by atoms with E-state index in [1.807, 2.05) is 12.3 Å². The molecule has 2 heterocycles. The van der Waals surface area contributed by atoms with Gasteiger partial charge >= 0.3 is 0 Å². The average molecular weight is 283 g/mol. The predicted molar refractivity (Wildman–Crippen MR) is 80.7 cm³/mol. The molecule has 2 rings (SSSR count). The summed E-state index contributed by atoms with van der Waals surface area (Å²) in [5, 5.41) is 0.701. The Kier molecular flexibility index (Phi) is 4.33.